The smallest absolute Gasteiger partial charge is 0.242 e. The molecule has 21 heavy (non-hydrogen) atoms. The van der Waals surface area contributed by atoms with Gasteiger partial charge in [0, 0.05) is 6.54 Å². The van der Waals surface area contributed by atoms with E-state index in [1.165, 1.54) is 11.1 Å². The van der Waals surface area contributed by atoms with Crippen molar-refractivity contribution in [3.63, 3.8) is 0 Å². The molecule has 2 amide bonds. The lowest BCUT2D eigenvalue weighted by Gasteiger charge is -2.27. The van der Waals surface area contributed by atoms with Crippen LogP contribution in [0.2, 0.25) is 0 Å². The number of thioether (sulfide) groups is 1. The third-order valence-electron chi connectivity index (χ3n) is 4.15. The minimum absolute atomic E-state index is 0.0786. The molecule has 2 aliphatic rings. The van der Waals surface area contributed by atoms with Crippen molar-refractivity contribution in [2.45, 2.75) is 25.8 Å². The van der Waals surface area contributed by atoms with Crippen molar-refractivity contribution in [2.24, 2.45) is 0 Å². The summed E-state index contributed by atoms with van der Waals surface area (Å²) in [5.74, 6) is 1.32. The van der Waals surface area contributed by atoms with E-state index in [0.717, 1.165) is 19.4 Å². The zero-order valence-corrected chi connectivity index (χ0v) is 13.1. The second-order valence-corrected chi connectivity index (χ2v) is 6.68. The summed E-state index contributed by atoms with van der Waals surface area (Å²) < 4.78 is 0. The van der Waals surface area contributed by atoms with Gasteiger partial charge in [-0.3, -0.25) is 9.59 Å². The van der Waals surface area contributed by atoms with Crippen LogP contribution in [0.1, 0.15) is 30.0 Å². The largest absolute Gasteiger partial charge is 0.334 e. The number of nitrogens with zero attached hydrogens (tertiary/aromatic N) is 2. The maximum atomic E-state index is 12.5. The Hall–Kier alpha value is -1.49. The van der Waals surface area contributed by atoms with E-state index >= 15 is 0 Å². The predicted molar refractivity (Wildman–Crippen MR) is 83.9 cm³/mol. The van der Waals surface area contributed by atoms with Gasteiger partial charge >= 0.3 is 0 Å². The number of aryl methyl sites for hydroxylation is 1. The second-order valence-electron chi connectivity index (χ2n) is 5.73. The first kappa shape index (κ1) is 14.4. The Labute approximate surface area is 129 Å². The summed E-state index contributed by atoms with van der Waals surface area (Å²) in [4.78, 5) is 27.8. The van der Waals surface area contributed by atoms with Crippen molar-refractivity contribution in [3.05, 3.63) is 35.4 Å². The van der Waals surface area contributed by atoms with E-state index in [9.17, 15) is 9.59 Å². The molecule has 1 atom stereocenters. The molecule has 2 fully saturated rings. The van der Waals surface area contributed by atoms with Crippen LogP contribution in [0.3, 0.4) is 0 Å². The van der Waals surface area contributed by atoms with E-state index in [4.69, 9.17) is 0 Å². The van der Waals surface area contributed by atoms with Crippen molar-refractivity contribution in [3.8, 4) is 0 Å². The molecule has 2 aliphatic heterocycles. The molecular weight excluding hydrogens is 284 g/mol. The van der Waals surface area contributed by atoms with Crippen LogP contribution in [-0.4, -0.2) is 46.3 Å². The third-order valence-corrected chi connectivity index (χ3v) is 5.10. The molecule has 0 aliphatic carbocycles. The fourth-order valence-electron chi connectivity index (χ4n) is 3.08. The van der Waals surface area contributed by atoms with Gasteiger partial charge in [-0.25, -0.2) is 0 Å². The monoisotopic (exact) mass is 304 g/mol. The molecule has 1 aromatic rings. The fourth-order valence-corrected chi connectivity index (χ4v) is 3.99. The summed E-state index contributed by atoms with van der Waals surface area (Å²) in [6, 6.07) is 8.55. The fraction of sp³-hybridized carbons (Fsp3) is 0.500. The number of hydrogen-bond acceptors (Lipinski definition) is 3. The molecule has 2 heterocycles. The van der Waals surface area contributed by atoms with Crippen LogP contribution in [0.25, 0.3) is 0 Å². The zero-order chi connectivity index (χ0) is 14.8. The van der Waals surface area contributed by atoms with Crippen molar-refractivity contribution < 1.29 is 9.59 Å². The highest BCUT2D eigenvalue weighted by molar-refractivity contribution is 8.00. The molecule has 0 radical (unpaired) electrons. The number of carbonyl (C=O) groups excluding carboxylic acids is 2. The molecule has 3 rings (SSSR count). The maximum absolute atomic E-state index is 12.5. The van der Waals surface area contributed by atoms with E-state index < -0.39 is 0 Å². The number of benzene rings is 1. The Morgan fingerprint density at radius 1 is 1.43 bits per heavy atom. The van der Waals surface area contributed by atoms with E-state index in [-0.39, 0.29) is 24.4 Å². The molecule has 0 saturated carbocycles. The minimum Gasteiger partial charge on any atom is -0.334 e. The van der Waals surface area contributed by atoms with Crippen LogP contribution in [0.5, 0.6) is 0 Å². The Morgan fingerprint density at radius 2 is 2.29 bits per heavy atom. The maximum Gasteiger partial charge on any atom is 0.242 e. The lowest BCUT2D eigenvalue weighted by Crippen LogP contribution is -2.40. The normalized spacial score (nSPS) is 22.1. The zero-order valence-electron chi connectivity index (χ0n) is 12.2. The number of carbonyl (C=O) groups is 2. The average Bonchev–Trinajstić information content (AvgIpc) is 3.08. The van der Waals surface area contributed by atoms with Gasteiger partial charge in [0.1, 0.15) is 6.54 Å². The van der Waals surface area contributed by atoms with E-state index in [1.54, 1.807) is 16.7 Å². The number of amides is 2. The van der Waals surface area contributed by atoms with Crippen LogP contribution < -0.4 is 0 Å². The lowest BCUT2D eigenvalue weighted by molar-refractivity contribution is -0.138. The minimum atomic E-state index is 0.0786. The predicted octanol–water partition coefficient (Wildman–Crippen LogP) is 2.19. The van der Waals surface area contributed by atoms with Gasteiger partial charge in [0.15, 0.2) is 0 Å². The molecule has 0 bridgehead atoms. The molecule has 0 spiro atoms. The number of likely N-dealkylation sites (tertiary alicyclic amines) is 1. The van der Waals surface area contributed by atoms with Crippen molar-refractivity contribution >= 4 is 23.6 Å². The van der Waals surface area contributed by atoms with Gasteiger partial charge in [-0.1, -0.05) is 29.8 Å². The quantitative estimate of drug-likeness (QED) is 0.859. The summed E-state index contributed by atoms with van der Waals surface area (Å²) in [5.41, 5.74) is 2.43. The molecule has 1 aromatic carbocycles. The van der Waals surface area contributed by atoms with E-state index in [1.807, 2.05) is 11.0 Å². The standard InChI is InChI=1S/C16H20N2O2S/c1-12-4-2-5-13(8-12)14-6-3-7-18(14)15(19)9-17-11-21-10-16(17)20/h2,4-5,8,14H,3,6-7,9-11H2,1H3/t14-/m0/s1. The summed E-state index contributed by atoms with van der Waals surface area (Å²) >= 11 is 1.58. The summed E-state index contributed by atoms with van der Waals surface area (Å²) in [7, 11) is 0. The SMILES string of the molecule is Cc1cccc([C@@H]2CCCN2C(=O)CN2CSCC2=O)c1. The summed E-state index contributed by atoms with van der Waals surface area (Å²) in [5, 5.41) is 0. The average molecular weight is 304 g/mol. The first-order chi connectivity index (χ1) is 10.1. The van der Waals surface area contributed by atoms with Gasteiger partial charge in [-0.05, 0) is 25.3 Å². The van der Waals surface area contributed by atoms with E-state index in [0.29, 0.717) is 11.6 Å². The molecule has 2 saturated heterocycles. The molecule has 4 nitrogen and oxygen atoms in total. The molecule has 5 heteroatoms. The highest BCUT2D eigenvalue weighted by atomic mass is 32.2. The van der Waals surface area contributed by atoms with E-state index in [2.05, 4.69) is 25.1 Å². The third kappa shape index (κ3) is 3.07. The van der Waals surface area contributed by atoms with Gasteiger partial charge in [0.05, 0.1) is 17.7 Å². The highest BCUT2D eigenvalue weighted by Crippen LogP contribution is 2.32. The number of hydrogen-bond donors (Lipinski definition) is 0. The van der Waals surface area contributed by atoms with Gasteiger partial charge < -0.3 is 9.80 Å². The van der Waals surface area contributed by atoms with Crippen LogP contribution >= 0.6 is 11.8 Å². The first-order valence-corrected chi connectivity index (χ1v) is 8.52. The van der Waals surface area contributed by atoms with Gasteiger partial charge in [-0.2, -0.15) is 0 Å². The Kier molecular flexibility index (Phi) is 4.19. The molecule has 112 valence electrons. The van der Waals surface area contributed by atoms with Crippen LogP contribution in [0.15, 0.2) is 24.3 Å². The Bertz CT molecular complexity index is 561. The molecule has 0 aromatic heterocycles. The summed E-state index contributed by atoms with van der Waals surface area (Å²) in [6.07, 6.45) is 2.05. The van der Waals surface area contributed by atoms with Crippen LogP contribution in [-0.2, 0) is 9.59 Å². The van der Waals surface area contributed by atoms with Crippen molar-refractivity contribution in [1.82, 2.24) is 9.80 Å². The Balaban J connectivity index is 1.71. The Morgan fingerprint density at radius 3 is 3.00 bits per heavy atom. The van der Waals surface area contributed by atoms with Gasteiger partial charge in [0.2, 0.25) is 11.8 Å². The van der Waals surface area contributed by atoms with Gasteiger partial charge in [-0.15, -0.1) is 11.8 Å². The van der Waals surface area contributed by atoms with Gasteiger partial charge in [0.25, 0.3) is 0 Å². The topological polar surface area (TPSA) is 40.6 Å². The molecular formula is C16H20N2O2S. The highest BCUT2D eigenvalue weighted by Gasteiger charge is 2.32. The molecule has 0 N–H and O–H groups in total. The van der Waals surface area contributed by atoms with Crippen molar-refractivity contribution in [2.75, 3.05) is 24.7 Å². The lowest BCUT2D eigenvalue weighted by atomic mass is 10.0. The number of rotatable bonds is 3. The first-order valence-electron chi connectivity index (χ1n) is 7.37. The summed E-state index contributed by atoms with van der Waals surface area (Å²) in [6.45, 7) is 3.10. The van der Waals surface area contributed by atoms with Crippen LogP contribution in [0, 0.1) is 6.92 Å². The molecule has 0 unspecified atom stereocenters. The second kappa shape index (κ2) is 6.10. The van der Waals surface area contributed by atoms with Crippen molar-refractivity contribution in [1.29, 1.82) is 0 Å². The van der Waals surface area contributed by atoms with Crippen LogP contribution in [0.4, 0.5) is 0 Å².